The highest BCUT2D eigenvalue weighted by Crippen LogP contribution is 2.33. The van der Waals surface area contributed by atoms with Crippen LogP contribution < -0.4 is 5.73 Å². The molecule has 6 heteroatoms. The zero-order chi connectivity index (χ0) is 16.9. The minimum absolute atomic E-state index is 0.0916. The highest BCUT2D eigenvalue weighted by molar-refractivity contribution is 6.21. The Labute approximate surface area is 141 Å². The fourth-order valence-corrected chi connectivity index (χ4v) is 3.59. The maximum Gasteiger partial charge on any atom is 0.131 e. The Kier molecular flexibility index (Phi) is 4.90. The number of hydrogen-bond donors (Lipinski definition) is 2. The molecule has 0 saturated heterocycles. The number of nitriles is 1. The Morgan fingerprint density at radius 2 is 2.29 bits per heavy atom. The van der Waals surface area contributed by atoms with E-state index in [2.05, 4.69) is 16.2 Å². The highest BCUT2D eigenvalue weighted by atomic mass is 15.3. The van der Waals surface area contributed by atoms with Crippen molar-refractivity contribution in [1.82, 2.24) is 9.78 Å². The molecule has 124 valence electrons. The molecule has 1 aliphatic heterocycles. The van der Waals surface area contributed by atoms with Gasteiger partial charge in [0.15, 0.2) is 0 Å². The number of nitrogens with two attached hydrogens (primary N) is 1. The fraction of sp³-hybridized carbons (Fsp3) is 0.444. The van der Waals surface area contributed by atoms with Crippen LogP contribution in [0.4, 0.5) is 0 Å². The van der Waals surface area contributed by atoms with E-state index in [1.807, 2.05) is 10.9 Å². The van der Waals surface area contributed by atoms with Gasteiger partial charge in [0.2, 0.25) is 0 Å². The van der Waals surface area contributed by atoms with E-state index in [0.29, 0.717) is 23.7 Å². The van der Waals surface area contributed by atoms with E-state index in [-0.39, 0.29) is 6.04 Å². The van der Waals surface area contributed by atoms with Crippen LogP contribution in [0.5, 0.6) is 0 Å². The van der Waals surface area contributed by atoms with Crippen molar-refractivity contribution in [2.75, 3.05) is 0 Å². The third-order valence-electron chi connectivity index (χ3n) is 4.86. The van der Waals surface area contributed by atoms with E-state index in [1.165, 1.54) is 31.9 Å². The number of aromatic nitrogens is 2. The quantitative estimate of drug-likeness (QED) is 0.786. The molecule has 0 unspecified atom stereocenters. The molecule has 1 atom stereocenters. The summed E-state index contributed by atoms with van der Waals surface area (Å²) in [5, 5.41) is 21.3. The first-order valence-electron chi connectivity index (χ1n) is 8.39. The Balaban J connectivity index is 1.85. The van der Waals surface area contributed by atoms with Crippen molar-refractivity contribution >= 4 is 17.6 Å². The standard InChI is InChI=1S/C18H22N6/c19-7-5-15(9-13-3-1-2-4-13)24-12-14(11-23-24)17(10-20)16-6-8-22-18(16)21/h6,8,10-13,15,20H,1-5,9H2,(H2,21,22)/b17-16+,20-10?/t15-/m1/s1. The zero-order valence-corrected chi connectivity index (χ0v) is 13.7. The monoisotopic (exact) mass is 322 g/mol. The molecule has 1 fully saturated rings. The molecule has 3 N–H and O–H groups in total. The molecule has 24 heavy (non-hydrogen) atoms. The van der Waals surface area contributed by atoms with Gasteiger partial charge in [-0.1, -0.05) is 25.7 Å². The van der Waals surface area contributed by atoms with Gasteiger partial charge < -0.3 is 11.1 Å². The van der Waals surface area contributed by atoms with Gasteiger partial charge in [0.25, 0.3) is 0 Å². The third-order valence-corrected chi connectivity index (χ3v) is 4.86. The number of allylic oxidation sites excluding steroid dienone is 1. The second-order valence-electron chi connectivity index (χ2n) is 6.41. The van der Waals surface area contributed by atoms with Gasteiger partial charge in [-0.3, -0.25) is 4.68 Å². The summed E-state index contributed by atoms with van der Waals surface area (Å²) >= 11 is 0. The number of nitrogens with zero attached hydrogens (tertiary/aromatic N) is 4. The first kappa shape index (κ1) is 16.2. The average molecular weight is 322 g/mol. The number of amidine groups is 1. The summed E-state index contributed by atoms with van der Waals surface area (Å²) in [4.78, 5) is 4.03. The van der Waals surface area contributed by atoms with Gasteiger partial charge in [-0.05, 0) is 18.4 Å². The fourth-order valence-electron chi connectivity index (χ4n) is 3.59. The molecule has 0 spiro atoms. The largest absolute Gasteiger partial charge is 0.383 e. The van der Waals surface area contributed by atoms with E-state index in [9.17, 15) is 0 Å². The molecule has 2 heterocycles. The van der Waals surface area contributed by atoms with Gasteiger partial charge in [-0.15, -0.1) is 0 Å². The highest BCUT2D eigenvalue weighted by Gasteiger charge is 2.22. The Morgan fingerprint density at radius 3 is 2.92 bits per heavy atom. The van der Waals surface area contributed by atoms with Crippen LogP contribution in [0.15, 0.2) is 35.2 Å². The number of rotatable bonds is 6. The Hall–Kier alpha value is -2.68. The van der Waals surface area contributed by atoms with Crippen molar-refractivity contribution in [3.8, 4) is 6.07 Å². The van der Waals surface area contributed by atoms with E-state index in [1.54, 1.807) is 18.5 Å². The lowest BCUT2D eigenvalue weighted by atomic mass is 9.97. The van der Waals surface area contributed by atoms with Gasteiger partial charge in [-0.2, -0.15) is 10.4 Å². The topological polar surface area (TPSA) is 104 Å². The predicted molar refractivity (Wildman–Crippen MR) is 94.5 cm³/mol. The lowest BCUT2D eigenvalue weighted by Gasteiger charge is -2.18. The van der Waals surface area contributed by atoms with E-state index in [4.69, 9.17) is 16.4 Å². The molecule has 3 rings (SSSR count). The summed E-state index contributed by atoms with van der Waals surface area (Å²) in [7, 11) is 0. The van der Waals surface area contributed by atoms with Crippen LogP contribution in [-0.4, -0.2) is 21.8 Å². The molecule has 1 aromatic heterocycles. The van der Waals surface area contributed by atoms with E-state index in [0.717, 1.165) is 17.6 Å². The number of hydrogen-bond acceptors (Lipinski definition) is 5. The SMILES string of the molecule is N#CC[C@H](CC1CCCC1)n1cc(/C(C=N)=C2\C=CN=C2N)cn1. The molecular formula is C18H22N6. The molecule has 6 nitrogen and oxygen atoms in total. The lowest BCUT2D eigenvalue weighted by Crippen LogP contribution is -2.13. The van der Waals surface area contributed by atoms with Crippen molar-refractivity contribution in [2.45, 2.75) is 44.6 Å². The first-order valence-corrected chi connectivity index (χ1v) is 8.39. The molecular weight excluding hydrogens is 300 g/mol. The minimum atomic E-state index is 0.0916. The second-order valence-corrected chi connectivity index (χ2v) is 6.41. The molecule has 2 aliphatic rings. The van der Waals surface area contributed by atoms with Gasteiger partial charge in [0.1, 0.15) is 5.84 Å². The maximum absolute atomic E-state index is 9.16. The summed E-state index contributed by atoms with van der Waals surface area (Å²) in [5.74, 6) is 1.11. The molecule has 0 radical (unpaired) electrons. The van der Waals surface area contributed by atoms with Crippen molar-refractivity contribution in [3.63, 3.8) is 0 Å². The van der Waals surface area contributed by atoms with Crippen LogP contribution in [0.2, 0.25) is 0 Å². The molecule has 0 aromatic carbocycles. The Bertz CT molecular complexity index is 740. The number of nitrogens with one attached hydrogen (secondary N) is 1. The van der Waals surface area contributed by atoms with Crippen molar-refractivity contribution in [2.24, 2.45) is 16.6 Å². The van der Waals surface area contributed by atoms with Gasteiger partial charge in [-0.25, -0.2) is 4.99 Å². The van der Waals surface area contributed by atoms with Gasteiger partial charge in [0.05, 0.1) is 24.7 Å². The summed E-state index contributed by atoms with van der Waals surface area (Å²) in [6.07, 6.45) is 14.9. The molecule has 1 aliphatic carbocycles. The zero-order valence-electron chi connectivity index (χ0n) is 13.7. The van der Waals surface area contributed by atoms with Crippen LogP contribution in [0.3, 0.4) is 0 Å². The lowest BCUT2D eigenvalue weighted by molar-refractivity contribution is 0.350. The molecule has 1 aromatic rings. The van der Waals surface area contributed by atoms with Gasteiger partial charge in [0, 0.05) is 35.3 Å². The first-order chi connectivity index (χ1) is 11.7. The second kappa shape index (κ2) is 7.26. The summed E-state index contributed by atoms with van der Waals surface area (Å²) in [6.45, 7) is 0. The van der Waals surface area contributed by atoms with Crippen LogP contribution in [0, 0.1) is 22.7 Å². The van der Waals surface area contributed by atoms with Crippen molar-refractivity contribution in [1.29, 1.82) is 10.7 Å². The van der Waals surface area contributed by atoms with Crippen LogP contribution in [-0.2, 0) is 0 Å². The van der Waals surface area contributed by atoms with E-state index < -0.39 is 0 Å². The third kappa shape index (κ3) is 3.30. The summed E-state index contributed by atoms with van der Waals surface area (Å²) in [6, 6.07) is 2.38. The van der Waals surface area contributed by atoms with Crippen LogP contribution in [0.25, 0.3) is 5.57 Å². The molecule has 0 bridgehead atoms. The Morgan fingerprint density at radius 1 is 1.50 bits per heavy atom. The predicted octanol–water partition coefficient (Wildman–Crippen LogP) is 3.21. The molecule has 1 saturated carbocycles. The number of aliphatic imine (C=N–C) groups is 1. The normalized spacial score (nSPS) is 20.7. The summed E-state index contributed by atoms with van der Waals surface area (Å²) < 4.78 is 1.88. The van der Waals surface area contributed by atoms with E-state index >= 15 is 0 Å². The maximum atomic E-state index is 9.16. The van der Waals surface area contributed by atoms with Crippen LogP contribution >= 0.6 is 0 Å². The van der Waals surface area contributed by atoms with Gasteiger partial charge >= 0.3 is 0 Å². The van der Waals surface area contributed by atoms with Crippen molar-refractivity contribution < 1.29 is 0 Å². The minimum Gasteiger partial charge on any atom is -0.383 e. The van der Waals surface area contributed by atoms with Crippen molar-refractivity contribution in [3.05, 3.63) is 35.8 Å². The smallest absolute Gasteiger partial charge is 0.131 e. The summed E-state index contributed by atoms with van der Waals surface area (Å²) in [5.41, 5.74) is 8.15. The van der Waals surface area contributed by atoms with Crippen LogP contribution in [0.1, 0.15) is 50.1 Å². The average Bonchev–Trinajstić information content (AvgIpc) is 3.31. The molecule has 0 amide bonds.